The topological polar surface area (TPSA) is 92.3 Å². The Morgan fingerprint density at radius 2 is 0.576 bits per heavy atom. The van der Waals surface area contributed by atoms with Crippen molar-refractivity contribution in [3.8, 4) is 0 Å². The summed E-state index contributed by atoms with van der Waals surface area (Å²) in [6.45, 7) is 13.8. The highest BCUT2D eigenvalue weighted by atomic mass is 79.9. The molecule has 0 bridgehead atoms. The lowest BCUT2D eigenvalue weighted by Crippen LogP contribution is -2.15. The molecule has 0 spiro atoms. The van der Waals surface area contributed by atoms with E-state index in [1.54, 1.807) is 0 Å². The van der Waals surface area contributed by atoms with Crippen molar-refractivity contribution >= 4 is 15.9 Å². The Morgan fingerprint density at radius 1 is 0.364 bits per heavy atom. The van der Waals surface area contributed by atoms with Crippen LogP contribution in [-0.2, 0) is 47.4 Å². The molecule has 0 aliphatic carbocycles. The molecule has 0 saturated carbocycles. The molecule has 0 unspecified atom stereocenters. The van der Waals surface area contributed by atoms with Gasteiger partial charge in [-0.15, -0.1) is 0 Å². The van der Waals surface area contributed by atoms with Crippen LogP contribution in [0.15, 0.2) is 12.8 Å². The summed E-state index contributed by atoms with van der Waals surface area (Å²) in [6, 6.07) is 0. The van der Waals surface area contributed by atoms with Gasteiger partial charge >= 0.3 is 0 Å². The molecule has 0 aromatic carbocycles. The van der Waals surface area contributed by atoms with Gasteiger partial charge in [0.2, 0.25) is 0 Å². The molecule has 0 aromatic heterocycles. The predicted molar refractivity (Wildman–Crippen MR) is 127 cm³/mol. The third kappa shape index (κ3) is 31.7. The van der Waals surface area contributed by atoms with Gasteiger partial charge in [-0.25, -0.2) is 0 Å². The molecular weight excluding hydrogens is 504 g/mol. The Morgan fingerprint density at radius 3 is 0.788 bits per heavy atom. The largest absolute Gasteiger partial charge is 0.499 e. The zero-order chi connectivity index (χ0) is 23.9. The molecule has 33 heavy (non-hydrogen) atoms. The lowest BCUT2D eigenvalue weighted by atomic mass is 10.6. The number of hydrogen-bond donors (Lipinski definition) is 0. The first-order valence-electron chi connectivity index (χ1n) is 11.4. The van der Waals surface area contributed by atoms with Gasteiger partial charge in [0.05, 0.1) is 125 Å². The van der Waals surface area contributed by atoms with Crippen molar-refractivity contribution in [1.29, 1.82) is 0 Å². The Labute approximate surface area is 207 Å². The van der Waals surface area contributed by atoms with Crippen LogP contribution in [0.3, 0.4) is 0 Å². The zero-order valence-electron chi connectivity index (χ0n) is 19.9. The second kappa shape index (κ2) is 31.7. The normalized spacial score (nSPS) is 11.2. The van der Waals surface area contributed by atoms with E-state index in [0.717, 1.165) is 5.33 Å². The van der Waals surface area contributed by atoms with Gasteiger partial charge in [0.15, 0.2) is 0 Å². The highest BCUT2D eigenvalue weighted by Crippen LogP contribution is 1.87. The maximum absolute atomic E-state index is 5.44. The van der Waals surface area contributed by atoms with Crippen LogP contribution in [0, 0.1) is 0 Å². The molecule has 11 heteroatoms. The molecule has 0 N–H and O–H groups in total. The van der Waals surface area contributed by atoms with Crippen molar-refractivity contribution in [2.45, 2.75) is 0 Å². The van der Waals surface area contributed by atoms with Crippen molar-refractivity contribution in [2.75, 3.05) is 131 Å². The minimum Gasteiger partial charge on any atom is -0.499 e. The van der Waals surface area contributed by atoms with Gasteiger partial charge < -0.3 is 47.4 Å². The summed E-state index contributed by atoms with van der Waals surface area (Å²) in [6.07, 6.45) is 1.40. The fourth-order valence-corrected chi connectivity index (χ4v) is 2.34. The Kier molecular flexibility index (Phi) is 31.3. The van der Waals surface area contributed by atoms with E-state index in [2.05, 4.69) is 22.5 Å². The zero-order valence-corrected chi connectivity index (χ0v) is 21.5. The minimum atomic E-state index is 0.507. The Balaban J connectivity index is 2.99. The predicted octanol–water partition coefficient (Wildman–Crippen LogP) is 1.69. The van der Waals surface area contributed by atoms with Crippen molar-refractivity contribution in [3.05, 3.63) is 12.8 Å². The summed E-state index contributed by atoms with van der Waals surface area (Å²) < 4.78 is 53.4. The number of rotatable bonds is 30. The Hall–Kier alpha value is -0.340. The molecular formula is C22H43BrO10. The van der Waals surface area contributed by atoms with Crippen LogP contribution < -0.4 is 0 Å². The third-order valence-corrected chi connectivity index (χ3v) is 3.98. The van der Waals surface area contributed by atoms with E-state index in [1.165, 1.54) is 6.26 Å². The molecule has 0 amide bonds. The standard InChI is InChI=1S/C22H43BrO10/c1-2-24-5-6-26-9-10-28-13-14-30-17-18-32-21-22-33-20-19-31-16-15-29-12-11-27-8-7-25-4-3-23/h2H,1,3-22H2. The van der Waals surface area contributed by atoms with E-state index in [9.17, 15) is 0 Å². The van der Waals surface area contributed by atoms with Gasteiger partial charge in [0.25, 0.3) is 0 Å². The molecule has 10 nitrogen and oxygen atoms in total. The van der Waals surface area contributed by atoms with Crippen molar-refractivity contribution in [2.24, 2.45) is 0 Å². The van der Waals surface area contributed by atoms with Crippen LogP contribution in [0.4, 0.5) is 0 Å². The van der Waals surface area contributed by atoms with Crippen LogP contribution in [0.25, 0.3) is 0 Å². The van der Waals surface area contributed by atoms with E-state index in [1.807, 2.05) is 0 Å². The first-order valence-corrected chi connectivity index (χ1v) is 12.5. The molecule has 0 aliphatic rings. The lowest BCUT2D eigenvalue weighted by molar-refractivity contribution is -0.0254. The van der Waals surface area contributed by atoms with E-state index >= 15 is 0 Å². The second-order valence-electron chi connectivity index (χ2n) is 6.24. The van der Waals surface area contributed by atoms with E-state index in [4.69, 9.17) is 47.4 Å². The first-order chi connectivity index (χ1) is 16.4. The fourth-order valence-electron chi connectivity index (χ4n) is 2.11. The van der Waals surface area contributed by atoms with Gasteiger partial charge in [-0.05, 0) is 0 Å². The lowest BCUT2D eigenvalue weighted by Gasteiger charge is -2.08. The maximum Gasteiger partial charge on any atom is 0.111 e. The van der Waals surface area contributed by atoms with Crippen LogP contribution in [0.1, 0.15) is 0 Å². The van der Waals surface area contributed by atoms with Crippen molar-refractivity contribution < 1.29 is 47.4 Å². The Bertz CT molecular complexity index is 366. The fraction of sp³-hybridized carbons (Fsp3) is 0.909. The number of ether oxygens (including phenoxy) is 10. The summed E-state index contributed by atoms with van der Waals surface area (Å²) >= 11 is 3.29. The molecule has 0 radical (unpaired) electrons. The maximum atomic E-state index is 5.44. The summed E-state index contributed by atoms with van der Waals surface area (Å²) in [7, 11) is 0. The SMILES string of the molecule is C=COCCOCCOCCOCCOCCOCCOCCOCCOCCOCCBr. The minimum absolute atomic E-state index is 0.507. The van der Waals surface area contributed by atoms with Gasteiger partial charge in [0.1, 0.15) is 6.61 Å². The van der Waals surface area contributed by atoms with E-state index in [0.29, 0.717) is 126 Å². The van der Waals surface area contributed by atoms with Gasteiger partial charge in [-0.3, -0.25) is 0 Å². The average Bonchev–Trinajstić information content (AvgIpc) is 2.83. The number of alkyl halides is 1. The van der Waals surface area contributed by atoms with E-state index < -0.39 is 0 Å². The summed E-state index contributed by atoms with van der Waals surface area (Å²) in [4.78, 5) is 0. The number of halogens is 1. The van der Waals surface area contributed by atoms with Gasteiger partial charge in [-0.1, -0.05) is 22.5 Å². The summed E-state index contributed by atoms with van der Waals surface area (Å²) in [5.41, 5.74) is 0. The van der Waals surface area contributed by atoms with Crippen LogP contribution in [-0.4, -0.2) is 131 Å². The summed E-state index contributed by atoms with van der Waals surface area (Å²) in [5.74, 6) is 0. The number of hydrogen-bond acceptors (Lipinski definition) is 10. The molecule has 0 saturated heterocycles. The average molecular weight is 547 g/mol. The molecule has 0 atom stereocenters. The quantitative estimate of drug-likeness (QED) is 0.0752. The highest BCUT2D eigenvalue weighted by molar-refractivity contribution is 9.09. The molecule has 0 heterocycles. The molecule has 0 aliphatic heterocycles. The van der Waals surface area contributed by atoms with Gasteiger partial charge in [-0.2, -0.15) is 0 Å². The van der Waals surface area contributed by atoms with Crippen molar-refractivity contribution in [3.63, 3.8) is 0 Å². The second-order valence-corrected chi connectivity index (χ2v) is 7.03. The van der Waals surface area contributed by atoms with E-state index in [-0.39, 0.29) is 0 Å². The molecule has 0 fully saturated rings. The van der Waals surface area contributed by atoms with Crippen LogP contribution >= 0.6 is 15.9 Å². The van der Waals surface area contributed by atoms with Crippen LogP contribution in [0.2, 0.25) is 0 Å². The van der Waals surface area contributed by atoms with Crippen LogP contribution in [0.5, 0.6) is 0 Å². The van der Waals surface area contributed by atoms with Crippen molar-refractivity contribution in [1.82, 2.24) is 0 Å². The third-order valence-electron chi connectivity index (χ3n) is 3.66. The van der Waals surface area contributed by atoms with Gasteiger partial charge in [0, 0.05) is 5.33 Å². The monoisotopic (exact) mass is 546 g/mol. The molecule has 0 aromatic rings. The smallest absolute Gasteiger partial charge is 0.111 e. The molecule has 0 rings (SSSR count). The first kappa shape index (κ1) is 32.7. The summed E-state index contributed by atoms with van der Waals surface area (Å²) in [5, 5.41) is 0.841. The molecule has 198 valence electrons. The highest BCUT2D eigenvalue weighted by Gasteiger charge is 1.95.